The molecule has 1 unspecified atom stereocenters. The number of likely N-dealkylation sites (N-methyl/N-ethyl adjacent to an activating group) is 1. The van der Waals surface area contributed by atoms with E-state index in [-0.39, 0.29) is 5.91 Å². The number of hydrogen-bond donors (Lipinski definition) is 2. The molecule has 0 aliphatic carbocycles. The number of nitrogens with one attached hydrogen (secondary N) is 1. The second-order valence-corrected chi connectivity index (χ2v) is 5.84. The predicted octanol–water partition coefficient (Wildman–Crippen LogP) is 1.29. The van der Waals surface area contributed by atoms with Crippen molar-refractivity contribution in [1.82, 2.24) is 10.2 Å². The average molecular weight is 275 g/mol. The second kappa shape index (κ2) is 6.37. The highest BCUT2D eigenvalue weighted by Crippen LogP contribution is 2.19. The number of fused-ring (bicyclic) bond motifs is 1. The van der Waals surface area contributed by atoms with Gasteiger partial charge < -0.3 is 11.1 Å². The van der Waals surface area contributed by atoms with Gasteiger partial charge in [-0.3, -0.25) is 9.69 Å². The van der Waals surface area contributed by atoms with Crippen LogP contribution >= 0.6 is 0 Å². The highest BCUT2D eigenvalue weighted by Gasteiger charge is 2.29. The van der Waals surface area contributed by atoms with Crippen LogP contribution in [0.4, 0.5) is 0 Å². The van der Waals surface area contributed by atoms with Crippen LogP contribution in [0.2, 0.25) is 0 Å². The SMILES string of the molecule is CNC(C)(CCN1CCCc2ccccc2C1)C(N)=O. The lowest BCUT2D eigenvalue weighted by molar-refractivity contribution is -0.124. The van der Waals surface area contributed by atoms with E-state index in [1.54, 1.807) is 7.05 Å². The summed E-state index contributed by atoms with van der Waals surface area (Å²) < 4.78 is 0. The largest absolute Gasteiger partial charge is 0.368 e. The molecule has 3 N–H and O–H groups in total. The first kappa shape index (κ1) is 15.0. The molecule has 1 aliphatic heterocycles. The molecule has 4 nitrogen and oxygen atoms in total. The van der Waals surface area contributed by atoms with Gasteiger partial charge in [0.15, 0.2) is 0 Å². The Bertz CT molecular complexity index is 475. The standard InChI is InChI=1S/C16H25N3O/c1-16(18-2,15(17)20)9-11-19-10-5-8-13-6-3-4-7-14(13)12-19/h3-4,6-7,18H,5,8-12H2,1-2H3,(H2,17,20). The maximum atomic E-state index is 11.5. The summed E-state index contributed by atoms with van der Waals surface area (Å²) in [5, 5.41) is 3.05. The molecule has 4 heteroatoms. The molecule has 2 rings (SSSR count). The minimum Gasteiger partial charge on any atom is -0.368 e. The van der Waals surface area contributed by atoms with E-state index in [0.717, 1.165) is 32.5 Å². The zero-order valence-corrected chi connectivity index (χ0v) is 12.5. The van der Waals surface area contributed by atoms with Crippen LogP contribution in [0.1, 0.15) is 30.9 Å². The average Bonchev–Trinajstić information content (AvgIpc) is 2.66. The van der Waals surface area contributed by atoms with Crippen LogP contribution < -0.4 is 11.1 Å². The van der Waals surface area contributed by atoms with Gasteiger partial charge in [0.2, 0.25) is 5.91 Å². The van der Waals surface area contributed by atoms with Crippen molar-refractivity contribution >= 4 is 5.91 Å². The molecule has 1 aromatic carbocycles. The third-order valence-corrected chi connectivity index (χ3v) is 4.46. The molecule has 0 saturated carbocycles. The normalized spacial score (nSPS) is 18.9. The highest BCUT2D eigenvalue weighted by atomic mass is 16.1. The van der Waals surface area contributed by atoms with Gasteiger partial charge in [0.25, 0.3) is 0 Å². The zero-order valence-electron chi connectivity index (χ0n) is 12.5. The first-order valence-corrected chi connectivity index (χ1v) is 7.33. The fourth-order valence-electron chi connectivity index (χ4n) is 2.71. The van der Waals surface area contributed by atoms with E-state index < -0.39 is 5.54 Å². The van der Waals surface area contributed by atoms with Crippen molar-refractivity contribution in [3.05, 3.63) is 35.4 Å². The lowest BCUT2D eigenvalue weighted by atomic mass is 9.97. The quantitative estimate of drug-likeness (QED) is 0.851. The van der Waals surface area contributed by atoms with Crippen LogP contribution in [-0.4, -0.2) is 36.5 Å². The Morgan fingerprint density at radius 1 is 1.40 bits per heavy atom. The van der Waals surface area contributed by atoms with Crippen molar-refractivity contribution in [2.45, 2.75) is 38.3 Å². The molecule has 20 heavy (non-hydrogen) atoms. The topological polar surface area (TPSA) is 58.4 Å². The summed E-state index contributed by atoms with van der Waals surface area (Å²) in [6.45, 7) is 4.80. The molecular weight excluding hydrogens is 250 g/mol. The van der Waals surface area contributed by atoms with Gasteiger partial charge in [0.1, 0.15) is 0 Å². The van der Waals surface area contributed by atoms with Crippen LogP contribution in [0.25, 0.3) is 0 Å². The van der Waals surface area contributed by atoms with Crippen LogP contribution in [0, 0.1) is 0 Å². The van der Waals surface area contributed by atoms with Gasteiger partial charge in [-0.1, -0.05) is 24.3 Å². The molecular formula is C16H25N3O. The number of carbonyl (C=O) groups is 1. The Hall–Kier alpha value is -1.39. The number of primary amides is 1. The summed E-state index contributed by atoms with van der Waals surface area (Å²) in [5.41, 5.74) is 7.74. The van der Waals surface area contributed by atoms with Gasteiger partial charge in [-0.25, -0.2) is 0 Å². The zero-order chi connectivity index (χ0) is 14.6. The Kier molecular flexibility index (Phi) is 4.78. The van der Waals surface area contributed by atoms with Crippen LogP contribution in [0.5, 0.6) is 0 Å². The number of nitrogens with zero attached hydrogens (tertiary/aromatic N) is 1. The monoisotopic (exact) mass is 275 g/mol. The molecule has 0 aromatic heterocycles. The van der Waals surface area contributed by atoms with E-state index in [2.05, 4.69) is 34.5 Å². The van der Waals surface area contributed by atoms with E-state index in [1.807, 2.05) is 6.92 Å². The smallest absolute Gasteiger partial charge is 0.237 e. The molecule has 1 aliphatic rings. The third-order valence-electron chi connectivity index (χ3n) is 4.46. The summed E-state index contributed by atoms with van der Waals surface area (Å²) in [5.74, 6) is -0.282. The van der Waals surface area contributed by atoms with Crippen LogP contribution in [-0.2, 0) is 17.8 Å². The summed E-state index contributed by atoms with van der Waals surface area (Å²) in [6.07, 6.45) is 3.05. The van der Waals surface area contributed by atoms with E-state index in [0.29, 0.717) is 0 Å². The fourth-order valence-corrected chi connectivity index (χ4v) is 2.71. The van der Waals surface area contributed by atoms with Gasteiger partial charge in [0.05, 0.1) is 5.54 Å². The Morgan fingerprint density at radius 3 is 2.75 bits per heavy atom. The summed E-state index contributed by atoms with van der Waals surface area (Å²) >= 11 is 0. The van der Waals surface area contributed by atoms with E-state index in [1.165, 1.54) is 17.5 Å². The van der Waals surface area contributed by atoms with Crippen molar-refractivity contribution < 1.29 is 4.79 Å². The highest BCUT2D eigenvalue weighted by molar-refractivity contribution is 5.84. The Labute approximate surface area is 121 Å². The van der Waals surface area contributed by atoms with Crippen molar-refractivity contribution in [2.75, 3.05) is 20.1 Å². The number of amides is 1. The number of carbonyl (C=O) groups excluding carboxylic acids is 1. The Morgan fingerprint density at radius 2 is 2.10 bits per heavy atom. The molecule has 1 atom stereocenters. The lowest BCUT2D eigenvalue weighted by Gasteiger charge is -2.29. The van der Waals surface area contributed by atoms with Gasteiger partial charge in [-0.15, -0.1) is 0 Å². The van der Waals surface area contributed by atoms with Gasteiger partial charge in [-0.2, -0.15) is 0 Å². The number of nitrogens with two attached hydrogens (primary N) is 1. The number of benzene rings is 1. The number of rotatable bonds is 5. The third kappa shape index (κ3) is 3.38. The summed E-state index contributed by atoms with van der Waals surface area (Å²) in [7, 11) is 1.79. The number of hydrogen-bond acceptors (Lipinski definition) is 3. The molecule has 1 heterocycles. The van der Waals surface area contributed by atoms with Gasteiger partial charge >= 0.3 is 0 Å². The molecule has 1 amide bonds. The summed E-state index contributed by atoms with van der Waals surface area (Å²) in [4.78, 5) is 14.0. The van der Waals surface area contributed by atoms with Crippen molar-refractivity contribution in [1.29, 1.82) is 0 Å². The predicted molar refractivity (Wildman–Crippen MR) is 81.3 cm³/mol. The lowest BCUT2D eigenvalue weighted by Crippen LogP contribution is -2.53. The van der Waals surface area contributed by atoms with Gasteiger partial charge in [0, 0.05) is 13.1 Å². The number of aryl methyl sites for hydroxylation is 1. The Balaban J connectivity index is 1.99. The minimum atomic E-state index is -0.619. The van der Waals surface area contributed by atoms with E-state index >= 15 is 0 Å². The molecule has 0 fully saturated rings. The molecule has 0 radical (unpaired) electrons. The second-order valence-electron chi connectivity index (χ2n) is 5.84. The summed E-state index contributed by atoms with van der Waals surface area (Å²) in [6, 6.07) is 8.64. The molecule has 1 aromatic rings. The molecule has 0 saturated heterocycles. The first-order valence-electron chi connectivity index (χ1n) is 7.33. The van der Waals surface area contributed by atoms with E-state index in [4.69, 9.17) is 5.73 Å². The maximum absolute atomic E-state index is 11.5. The maximum Gasteiger partial charge on any atom is 0.237 e. The molecule has 0 bridgehead atoms. The van der Waals surface area contributed by atoms with Crippen molar-refractivity contribution in [2.24, 2.45) is 5.73 Å². The fraction of sp³-hybridized carbons (Fsp3) is 0.562. The van der Waals surface area contributed by atoms with Crippen molar-refractivity contribution in [3.8, 4) is 0 Å². The van der Waals surface area contributed by atoms with E-state index in [9.17, 15) is 4.79 Å². The first-order chi connectivity index (χ1) is 9.55. The van der Waals surface area contributed by atoms with Crippen LogP contribution in [0.15, 0.2) is 24.3 Å². The minimum absolute atomic E-state index is 0.282. The van der Waals surface area contributed by atoms with Crippen LogP contribution in [0.3, 0.4) is 0 Å². The van der Waals surface area contributed by atoms with Crippen molar-refractivity contribution in [3.63, 3.8) is 0 Å². The molecule has 110 valence electrons. The molecule has 0 spiro atoms. The van der Waals surface area contributed by atoms with Gasteiger partial charge in [-0.05, 0) is 50.9 Å².